The topological polar surface area (TPSA) is 55.4 Å². The van der Waals surface area contributed by atoms with Crippen molar-refractivity contribution in [1.82, 2.24) is 0 Å². The van der Waals surface area contributed by atoms with Crippen LogP contribution in [0.3, 0.4) is 0 Å². The first-order valence-corrected chi connectivity index (χ1v) is 8.81. The number of methoxy groups -OCH3 is 1. The summed E-state index contributed by atoms with van der Waals surface area (Å²) in [5.74, 6) is 0.218. The van der Waals surface area contributed by atoms with Crippen molar-refractivity contribution in [3.63, 3.8) is 0 Å². The molecule has 0 unspecified atom stereocenters. The molecule has 3 aromatic rings. The van der Waals surface area contributed by atoms with Gasteiger partial charge < -0.3 is 10.1 Å². The fourth-order valence-corrected chi connectivity index (χ4v) is 3.56. The van der Waals surface area contributed by atoms with E-state index in [0.717, 1.165) is 10.0 Å². The third-order valence-corrected chi connectivity index (χ3v) is 4.90. The van der Waals surface area contributed by atoms with Gasteiger partial charge in [0.05, 0.1) is 12.8 Å². The molecule has 0 aliphatic heterocycles. The third kappa shape index (κ3) is 2.61. The Balaban J connectivity index is 1.78. The quantitative estimate of drug-likeness (QED) is 0.524. The predicted molar refractivity (Wildman–Crippen MR) is 104 cm³/mol. The average Bonchev–Trinajstić information content (AvgIpc) is 2.96. The maximum absolute atomic E-state index is 13.0. The molecule has 0 aromatic heterocycles. The summed E-state index contributed by atoms with van der Waals surface area (Å²) in [6.07, 6.45) is 0. The molecule has 4 nitrogen and oxygen atoms in total. The Labute approximate surface area is 158 Å². The summed E-state index contributed by atoms with van der Waals surface area (Å²) in [6, 6.07) is 18.0. The lowest BCUT2D eigenvalue weighted by molar-refractivity contribution is 0.102. The summed E-state index contributed by atoms with van der Waals surface area (Å²) in [7, 11) is 1.55. The number of halogens is 1. The SMILES string of the molecule is COc1cc(Br)ccc1NC(=O)c1cccc2c1-c1ccccc1C2=O. The molecule has 1 amide bonds. The smallest absolute Gasteiger partial charge is 0.256 e. The molecule has 0 fully saturated rings. The molecule has 4 rings (SSSR count). The van der Waals surface area contributed by atoms with Crippen LogP contribution in [0.15, 0.2) is 65.1 Å². The van der Waals surface area contributed by atoms with Gasteiger partial charge in [-0.1, -0.05) is 52.3 Å². The van der Waals surface area contributed by atoms with E-state index < -0.39 is 0 Å². The Morgan fingerprint density at radius 1 is 0.962 bits per heavy atom. The van der Waals surface area contributed by atoms with Crippen LogP contribution in [-0.2, 0) is 0 Å². The molecule has 1 aliphatic carbocycles. The van der Waals surface area contributed by atoms with Crippen LogP contribution in [-0.4, -0.2) is 18.8 Å². The maximum Gasteiger partial charge on any atom is 0.256 e. The van der Waals surface area contributed by atoms with Gasteiger partial charge in [0.2, 0.25) is 0 Å². The number of benzene rings is 3. The van der Waals surface area contributed by atoms with E-state index in [9.17, 15) is 9.59 Å². The highest BCUT2D eigenvalue weighted by Gasteiger charge is 2.30. The maximum atomic E-state index is 13.0. The zero-order valence-electron chi connectivity index (χ0n) is 13.9. The van der Waals surface area contributed by atoms with Crippen molar-refractivity contribution in [3.05, 3.63) is 81.8 Å². The molecular formula is C21H14BrNO3. The molecule has 1 aliphatic rings. The van der Waals surface area contributed by atoms with Gasteiger partial charge in [0, 0.05) is 26.7 Å². The summed E-state index contributed by atoms with van der Waals surface area (Å²) in [4.78, 5) is 25.6. The number of rotatable bonds is 3. The molecule has 0 radical (unpaired) electrons. The second-order valence-corrected chi connectivity index (χ2v) is 6.82. The zero-order chi connectivity index (χ0) is 18.3. The van der Waals surface area contributed by atoms with E-state index in [4.69, 9.17) is 4.74 Å². The first-order valence-electron chi connectivity index (χ1n) is 8.02. The van der Waals surface area contributed by atoms with Crippen molar-refractivity contribution in [1.29, 1.82) is 0 Å². The van der Waals surface area contributed by atoms with Crippen molar-refractivity contribution in [2.24, 2.45) is 0 Å². The summed E-state index contributed by atoms with van der Waals surface area (Å²) >= 11 is 3.38. The van der Waals surface area contributed by atoms with Crippen molar-refractivity contribution < 1.29 is 14.3 Å². The lowest BCUT2D eigenvalue weighted by Gasteiger charge is -2.13. The van der Waals surface area contributed by atoms with Crippen LogP contribution < -0.4 is 10.1 Å². The number of ketones is 1. The minimum atomic E-state index is -0.285. The fraction of sp³-hybridized carbons (Fsp3) is 0.0476. The van der Waals surface area contributed by atoms with Crippen LogP contribution in [0.2, 0.25) is 0 Å². The molecule has 0 spiro atoms. The molecule has 3 aromatic carbocycles. The number of amides is 1. The molecule has 1 N–H and O–H groups in total. The molecule has 0 saturated heterocycles. The molecule has 128 valence electrons. The largest absolute Gasteiger partial charge is 0.495 e. The van der Waals surface area contributed by atoms with Gasteiger partial charge in [-0.25, -0.2) is 0 Å². The highest BCUT2D eigenvalue weighted by Crippen LogP contribution is 2.39. The van der Waals surface area contributed by atoms with Gasteiger partial charge in [0.25, 0.3) is 5.91 Å². The van der Waals surface area contributed by atoms with Crippen molar-refractivity contribution in [2.45, 2.75) is 0 Å². The standard InChI is InChI=1S/C21H14BrNO3/c1-26-18-11-12(22)9-10-17(18)23-21(25)16-8-4-7-15-19(16)13-5-2-3-6-14(13)20(15)24/h2-11H,1H3,(H,23,25). The van der Waals surface area contributed by atoms with Gasteiger partial charge in [-0.2, -0.15) is 0 Å². The van der Waals surface area contributed by atoms with Gasteiger partial charge in [-0.05, 0) is 29.8 Å². The minimum Gasteiger partial charge on any atom is -0.495 e. The first kappa shape index (κ1) is 16.5. The van der Waals surface area contributed by atoms with Crippen molar-refractivity contribution >= 4 is 33.3 Å². The Bertz CT molecular complexity index is 1060. The fourth-order valence-electron chi connectivity index (χ4n) is 3.22. The summed E-state index contributed by atoms with van der Waals surface area (Å²) < 4.78 is 6.18. The van der Waals surface area contributed by atoms with Gasteiger partial charge in [0.15, 0.2) is 5.78 Å². The molecule has 0 bridgehead atoms. The summed E-state index contributed by atoms with van der Waals surface area (Å²) in [6.45, 7) is 0. The lowest BCUT2D eigenvalue weighted by atomic mass is 9.99. The normalized spacial score (nSPS) is 11.7. The lowest BCUT2D eigenvalue weighted by Crippen LogP contribution is -2.14. The van der Waals surface area contributed by atoms with Crippen molar-refractivity contribution in [3.8, 4) is 16.9 Å². The Kier molecular flexibility index (Phi) is 4.09. The summed E-state index contributed by atoms with van der Waals surface area (Å²) in [5.41, 5.74) is 3.69. The molecule has 26 heavy (non-hydrogen) atoms. The number of hydrogen-bond donors (Lipinski definition) is 1. The summed E-state index contributed by atoms with van der Waals surface area (Å²) in [5, 5.41) is 2.88. The molecule has 0 heterocycles. The highest BCUT2D eigenvalue weighted by atomic mass is 79.9. The second-order valence-electron chi connectivity index (χ2n) is 5.90. The van der Waals surface area contributed by atoms with Gasteiger partial charge >= 0.3 is 0 Å². The second kappa shape index (κ2) is 6.42. The Hall–Kier alpha value is -2.92. The number of carbonyl (C=O) groups is 2. The molecule has 0 saturated carbocycles. The minimum absolute atomic E-state index is 0.0496. The van der Waals surface area contributed by atoms with Gasteiger partial charge in [0.1, 0.15) is 5.75 Å². The van der Waals surface area contributed by atoms with E-state index in [1.54, 1.807) is 43.5 Å². The van der Waals surface area contributed by atoms with E-state index in [0.29, 0.717) is 33.7 Å². The zero-order valence-corrected chi connectivity index (χ0v) is 15.5. The Morgan fingerprint density at radius 2 is 1.69 bits per heavy atom. The van der Waals surface area contributed by atoms with E-state index in [1.165, 1.54) is 0 Å². The van der Waals surface area contributed by atoms with Crippen molar-refractivity contribution in [2.75, 3.05) is 12.4 Å². The average molecular weight is 408 g/mol. The number of fused-ring (bicyclic) bond motifs is 3. The molecular weight excluding hydrogens is 394 g/mol. The first-order chi connectivity index (χ1) is 12.6. The van der Waals surface area contributed by atoms with E-state index >= 15 is 0 Å². The van der Waals surface area contributed by atoms with Gasteiger partial charge in [-0.3, -0.25) is 9.59 Å². The van der Waals surface area contributed by atoms with Crippen LogP contribution in [0.4, 0.5) is 5.69 Å². The number of carbonyl (C=O) groups excluding carboxylic acids is 2. The van der Waals surface area contributed by atoms with Crippen LogP contribution in [0.5, 0.6) is 5.75 Å². The number of hydrogen-bond acceptors (Lipinski definition) is 3. The van der Waals surface area contributed by atoms with E-state index in [-0.39, 0.29) is 11.7 Å². The van der Waals surface area contributed by atoms with E-state index in [1.807, 2.05) is 24.3 Å². The van der Waals surface area contributed by atoms with Gasteiger partial charge in [-0.15, -0.1) is 0 Å². The van der Waals surface area contributed by atoms with Crippen LogP contribution in [0, 0.1) is 0 Å². The van der Waals surface area contributed by atoms with Crippen LogP contribution in [0.1, 0.15) is 26.3 Å². The molecule has 0 atom stereocenters. The molecule has 5 heteroatoms. The predicted octanol–water partition coefficient (Wildman–Crippen LogP) is 4.92. The van der Waals surface area contributed by atoms with Crippen LogP contribution >= 0.6 is 15.9 Å². The number of nitrogens with one attached hydrogen (secondary N) is 1. The Morgan fingerprint density at radius 3 is 2.46 bits per heavy atom. The highest BCUT2D eigenvalue weighted by molar-refractivity contribution is 9.10. The third-order valence-electron chi connectivity index (χ3n) is 4.41. The number of ether oxygens (including phenoxy) is 1. The number of anilines is 1. The monoisotopic (exact) mass is 407 g/mol. The van der Waals surface area contributed by atoms with Crippen LogP contribution in [0.25, 0.3) is 11.1 Å². The van der Waals surface area contributed by atoms with E-state index in [2.05, 4.69) is 21.2 Å².